The van der Waals surface area contributed by atoms with E-state index in [4.69, 9.17) is 4.42 Å². The Bertz CT molecular complexity index is 660. The Hall–Kier alpha value is -1.71. The van der Waals surface area contributed by atoms with Gasteiger partial charge in [-0.2, -0.15) is 0 Å². The fraction of sp³-hybridized carbons (Fsp3) is 0.222. The fourth-order valence-electron chi connectivity index (χ4n) is 2.36. The predicted molar refractivity (Wildman–Crippen MR) is 89.8 cm³/mol. The van der Waals surface area contributed by atoms with Gasteiger partial charge in [-0.1, -0.05) is 43.3 Å². The average molecular weight is 297 g/mol. The van der Waals surface area contributed by atoms with Crippen LogP contribution in [0.3, 0.4) is 0 Å². The largest absolute Gasteiger partial charge is 0.459 e. The van der Waals surface area contributed by atoms with Crippen molar-refractivity contribution in [1.82, 2.24) is 5.32 Å². The molecule has 1 heterocycles. The van der Waals surface area contributed by atoms with E-state index in [1.807, 2.05) is 36.0 Å². The van der Waals surface area contributed by atoms with Crippen LogP contribution in [-0.4, -0.2) is 12.3 Å². The van der Waals surface area contributed by atoms with Gasteiger partial charge in [-0.25, -0.2) is 0 Å². The van der Waals surface area contributed by atoms with Crippen LogP contribution in [0.25, 0.3) is 11.0 Å². The van der Waals surface area contributed by atoms with Crippen LogP contribution in [0.5, 0.6) is 0 Å². The van der Waals surface area contributed by atoms with E-state index in [9.17, 15) is 0 Å². The number of thioether (sulfide) groups is 1. The molecule has 1 aromatic heterocycles. The van der Waals surface area contributed by atoms with Crippen molar-refractivity contribution in [3.63, 3.8) is 0 Å². The lowest BCUT2D eigenvalue weighted by molar-refractivity contribution is 0.464. The Kier molecular flexibility index (Phi) is 4.63. The molecule has 0 saturated carbocycles. The third-order valence-corrected chi connectivity index (χ3v) is 4.50. The second kappa shape index (κ2) is 6.83. The normalized spacial score (nSPS) is 12.6. The molecule has 3 rings (SSSR count). The van der Waals surface area contributed by atoms with Crippen LogP contribution in [0.1, 0.15) is 18.7 Å². The van der Waals surface area contributed by atoms with E-state index in [1.165, 1.54) is 10.3 Å². The molecular formula is C18H19NOS. The summed E-state index contributed by atoms with van der Waals surface area (Å²) >= 11 is 1.85. The van der Waals surface area contributed by atoms with Gasteiger partial charge in [-0.05, 0) is 30.8 Å². The van der Waals surface area contributed by atoms with Crippen LogP contribution in [0.15, 0.2) is 70.0 Å². The standard InChI is InChI=1S/C18H19NOS/c1-2-19-16(13-21-15-9-4-3-5-10-15)18-12-14-8-6-7-11-17(14)20-18/h3-12,16,19H,2,13H2,1H3. The second-order valence-electron chi connectivity index (χ2n) is 4.92. The van der Waals surface area contributed by atoms with Gasteiger partial charge in [0, 0.05) is 16.0 Å². The second-order valence-corrected chi connectivity index (χ2v) is 6.01. The van der Waals surface area contributed by atoms with E-state index >= 15 is 0 Å². The molecule has 3 heteroatoms. The summed E-state index contributed by atoms with van der Waals surface area (Å²) in [5.41, 5.74) is 0.958. The van der Waals surface area contributed by atoms with Crippen LogP contribution in [0.4, 0.5) is 0 Å². The molecule has 3 aromatic rings. The molecule has 0 aliphatic heterocycles. The molecule has 0 fully saturated rings. The van der Waals surface area contributed by atoms with E-state index < -0.39 is 0 Å². The van der Waals surface area contributed by atoms with E-state index in [2.05, 4.69) is 48.6 Å². The highest BCUT2D eigenvalue weighted by Crippen LogP contribution is 2.28. The first-order valence-electron chi connectivity index (χ1n) is 7.26. The lowest BCUT2D eigenvalue weighted by atomic mass is 10.2. The van der Waals surface area contributed by atoms with E-state index in [0.29, 0.717) is 0 Å². The van der Waals surface area contributed by atoms with Crippen LogP contribution in [0, 0.1) is 0 Å². The number of hydrogen-bond acceptors (Lipinski definition) is 3. The highest BCUT2D eigenvalue weighted by molar-refractivity contribution is 7.99. The number of fused-ring (bicyclic) bond motifs is 1. The Morgan fingerprint density at radius 1 is 1.05 bits per heavy atom. The minimum Gasteiger partial charge on any atom is -0.459 e. The highest BCUT2D eigenvalue weighted by Gasteiger charge is 2.15. The smallest absolute Gasteiger partial charge is 0.134 e. The maximum absolute atomic E-state index is 6.00. The lowest BCUT2D eigenvalue weighted by Gasteiger charge is -2.15. The van der Waals surface area contributed by atoms with Crippen molar-refractivity contribution >= 4 is 22.7 Å². The number of benzene rings is 2. The molecule has 0 saturated heterocycles. The third kappa shape index (κ3) is 3.49. The van der Waals surface area contributed by atoms with Gasteiger partial charge in [0.2, 0.25) is 0 Å². The average Bonchev–Trinajstić information content (AvgIpc) is 2.96. The van der Waals surface area contributed by atoms with Crippen molar-refractivity contribution in [2.24, 2.45) is 0 Å². The van der Waals surface area contributed by atoms with Gasteiger partial charge >= 0.3 is 0 Å². The van der Waals surface area contributed by atoms with E-state index in [0.717, 1.165) is 23.6 Å². The summed E-state index contributed by atoms with van der Waals surface area (Å²) in [6.45, 7) is 3.06. The molecule has 108 valence electrons. The first-order chi connectivity index (χ1) is 10.4. The maximum atomic E-state index is 6.00. The number of hydrogen-bond donors (Lipinski definition) is 1. The first kappa shape index (κ1) is 14.2. The van der Waals surface area contributed by atoms with Crippen molar-refractivity contribution in [2.75, 3.05) is 12.3 Å². The zero-order valence-corrected chi connectivity index (χ0v) is 12.9. The quantitative estimate of drug-likeness (QED) is 0.657. The molecule has 1 atom stereocenters. The maximum Gasteiger partial charge on any atom is 0.134 e. The van der Waals surface area contributed by atoms with Gasteiger partial charge in [0.15, 0.2) is 0 Å². The summed E-state index contributed by atoms with van der Waals surface area (Å²) in [6.07, 6.45) is 0. The number of rotatable bonds is 6. The minimum absolute atomic E-state index is 0.229. The predicted octanol–water partition coefficient (Wildman–Crippen LogP) is 4.88. The van der Waals surface area contributed by atoms with E-state index in [-0.39, 0.29) is 6.04 Å². The number of furan rings is 1. The summed E-state index contributed by atoms with van der Waals surface area (Å²) in [4.78, 5) is 1.29. The molecule has 1 N–H and O–H groups in total. The molecule has 0 radical (unpaired) electrons. The molecule has 0 aliphatic rings. The zero-order valence-electron chi connectivity index (χ0n) is 12.1. The van der Waals surface area contributed by atoms with Gasteiger partial charge in [0.05, 0.1) is 6.04 Å². The van der Waals surface area contributed by atoms with Crippen molar-refractivity contribution in [3.05, 3.63) is 66.4 Å². The topological polar surface area (TPSA) is 25.2 Å². The summed E-state index contributed by atoms with van der Waals surface area (Å²) in [5.74, 6) is 1.97. The molecule has 1 unspecified atom stereocenters. The third-order valence-electron chi connectivity index (χ3n) is 3.40. The summed E-state index contributed by atoms with van der Waals surface area (Å²) in [6, 6.07) is 21.0. The summed E-state index contributed by atoms with van der Waals surface area (Å²) in [7, 11) is 0. The van der Waals surface area contributed by atoms with Crippen LogP contribution < -0.4 is 5.32 Å². The van der Waals surface area contributed by atoms with E-state index in [1.54, 1.807) is 0 Å². The Morgan fingerprint density at radius 2 is 1.81 bits per heavy atom. The van der Waals surface area contributed by atoms with Crippen molar-refractivity contribution in [3.8, 4) is 0 Å². The Labute approximate surface area is 129 Å². The molecule has 0 aliphatic carbocycles. The summed E-state index contributed by atoms with van der Waals surface area (Å²) in [5, 5.41) is 4.68. The van der Waals surface area contributed by atoms with Crippen molar-refractivity contribution in [1.29, 1.82) is 0 Å². The first-order valence-corrected chi connectivity index (χ1v) is 8.25. The van der Waals surface area contributed by atoms with Crippen LogP contribution in [-0.2, 0) is 0 Å². The minimum atomic E-state index is 0.229. The van der Waals surface area contributed by atoms with Crippen molar-refractivity contribution < 1.29 is 4.42 Å². The SMILES string of the molecule is CCNC(CSc1ccccc1)c1cc2ccccc2o1. The molecule has 0 bridgehead atoms. The lowest BCUT2D eigenvalue weighted by Crippen LogP contribution is -2.22. The van der Waals surface area contributed by atoms with Gasteiger partial charge in [0.25, 0.3) is 0 Å². The number of para-hydroxylation sites is 1. The van der Waals surface area contributed by atoms with Gasteiger partial charge in [0.1, 0.15) is 11.3 Å². The Balaban J connectivity index is 1.77. The molecule has 2 aromatic carbocycles. The summed E-state index contributed by atoms with van der Waals surface area (Å²) < 4.78 is 6.00. The van der Waals surface area contributed by atoms with Crippen LogP contribution in [0.2, 0.25) is 0 Å². The number of nitrogens with one attached hydrogen (secondary N) is 1. The van der Waals surface area contributed by atoms with Gasteiger partial charge in [-0.15, -0.1) is 11.8 Å². The molecule has 21 heavy (non-hydrogen) atoms. The molecule has 0 spiro atoms. The Morgan fingerprint density at radius 3 is 2.57 bits per heavy atom. The highest BCUT2D eigenvalue weighted by atomic mass is 32.2. The van der Waals surface area contributed by atoms with Gasteiger partial charge in [-0.3, -0.25) is 0 Å². The zero-order chi connectivity index (χ0) is 14.5. The van der Waals surface area contributed by atoms with Crippen LogP contribution >= 0.6 is 11.8 Å². The molecular weight excluding hydrogens is 278 g/mol. The van der Waals surface area contributed by atoms with Crippen molar-refractivity contribution in [2.45, 2.75) is 17.9 Å². The molecule has 2 nitrogen and oxygen atoms in total. The van der Waals surface area contributed by atoms with Gasteiger partial charge < -0.3 is 9.73 Å². The fourth-order valence-corrected chi connectivity index (χ4v) is 3.35. The molecule has 0 amide bonds. The monoisotopic (exact) mass is 297 g/mol.